The van der Waals surface area contributed by atoms with E-state index in [1.54, 1.807) is 6.07 Å². The summed E-state index contributed by atoms with van der Waals surface area (Å²) in [5.41, 5.74) is 3.45. The van der Waals surface area contributed by atoms with Crippen LogP contribution in [0.1, 0.15) is 39.9 Å². The molecule has 0 spiro atoms. The number of para-hydroxylation sites is 1. The molecule has 0 saturated carbocycles. The summed E-state index contributed by atoms with van der Waals surface area (Å²) in [6, 6.07) is 16.0. The van der Waals surface area contributed by atoms with Crippen molar-refractivity contribution in [1.29, 1.82) is 0 Å². The monoisotopic (exact) mass is 291 g/mol. The molecule has 3 atom stereocenters. The average molecular weight is 291 g/mol. The van der Waals surface area contributed by atoms with Crippen molar-refractivity contribution >= 4 is 11.7 Å². The van der Waals surface area contributed by atoms with Gasteiger partial charge in [-0.25, -0.2) is 4.79 Å². The zero-order chi connectivity index (χ0) is 15.1. The molecule has 3 nitrogen and oxygen atoms in total. The summed E-state index contributed by atoms with van der Waals surface area (Å²) in [6.07, 6.45) is 5.47. The van der Waals surface area contributed by atoms with Gasteiger partial charge < -0.3 is 10.4 Å². The Morgan fingerprint density at radius 3 is 2.68 bits per heavy atom. The normalized spacial score (nSPS) is 25.2. The summed E-state index contributed by atoms with van der Waals surface area (Å²) in [6.45, 7) is 0. The molecule has 0 aromatic heterocycles. The summed E-state index contributed by atoms with van der Waals surface area (Å²) in [5, 5.41) is 13.0. The summed E-state index contributed by atoms with van der Waals surface area (Å²) in [5.74, 6) is -0.142. The van der Waals surface area contributed by atoms with Crippen LogP contribution in [-0.4, -0.2) is 11.1 Å². The highest BCUT2D eigenvalue weighted by molar-refractivity contribution is 5.95. The van der Waals surface area contributed by atoms with Gasteiger partial charge in [0.15, 0.2) is 0 Å². The van der Waals surface area contributed by atoms with Crippen LogP contribution in [-0.2, 0) is 0 Å². The molecule has 0 radical (unpaired) electrons. The summed E-state index contributed by atoms with van der Waals surface area (Å²) in [4.78, 5) is 11.6. The number of hydrogen-bond acceptors (Lipinski definition) is 2. The molecule has 0 amide bonds. The van der Waals surface area contributed by atoms with Crippen LogP contribution in [0, 0.1) is 5.92 Å². The lowest BCUT2D eigenvalue weighted by Crippen LogP contribution is -2.30. The molecule has 1 heterocycles. The van der Waals surface area contributed by atoms with Gasteiger partial charge in [-0.15, -0.1) is 0 Å². The van der Waals surface area contributed by atoms with Crippen LogP contribution in [0.15, 0.2) is 60.7 Å². The smallest absolute Gasteiger partial charge is 0.337 e. The number of carboxylic acid groups (broad SMARTS) is 1. The lowest BCUT2D eigenvalue weighted by Gasteiger charge is -2.38. The fourth-order valence-corrected chi connectivity index (χ4v) is 3.79. The van der Waals surface area contributed by atoms with E-state index in [-0.39, 0.29) is 6.04 Å². The number of aromatic carboxylic acids is 1. The number of nitrogens with one attached hydrogen (secondary N) is 1. The Morgan fingerprint density at radius 1 is 1.09 bits per heavy atom. The Morgan fingerprint density at radius 2 is 1.91 bits per heavy atom. The molecule has 22 heavy (non-hydrogen) atoms. The highest BCUT2D eigenvalue weighted by Gasteiger charge is 2.39. The molecule has 3 heteroatoms. The van der Waals surface area contributed by atoms with Gasteiger partial charge in [-0.05, 0) is 29.5 Å². The Labute approximate surface area is 129 Å². The van der Waals surface area contributed by atoms with E-state index in [0.717, 1.165) is 17.7 Å². The lowest BCUT2D eigenvalue weighted by molar-refractivity contribution is 0.0697. The summed E-state index contributed by atoms with van der Waals surface area (Å²) < 4.78 is 0. The molecule has 110 valence electrons. The number of rotatable bonds is 2. The Balaban J connectivity index is 1.85. The van der Waals surface area contributed by atoms with Gasteiger partial charge in [-0.2, -0.15) is 0 Å². The first-order chi connectivity index (χ1) is 10.8. The Hall–Kier alpha value is -2.55. The molecular weight excluding hydrogens is 274 g/mol. The van der Waals surface area contributed by atoms with Gasteiger partial charge in [0.25, 0.3) is 0 Å². The summed E-state index contributed by atoms with van der Waals surface area (Å²) in [7, 11) is 0. The number of allylic oxidation sites excluding steroid dienone is 2. The van der Waals surface area contributed by atoms with Crippen LogP contribution in [0.25, 0.3) is 0 Å². The largest absolute Gasteiger partial charge is 0.478 e. The molecular formula is C19H17NO2. The van der Waals surface area contributed by atoms with Crippen LogP contribution in [0.5, 0.6) is 0 Å². The van der Waals surface area contributed by atoms with Gasteiger partial charge in [0.2, 0.25) is 0 Å². The fourth-order valence-electron chi connectivity index (χ4n) is 3.79. The van der Waals surface area contributed by atoms with Crippen molar-refractivity contribution in [3.8, 4) is 0 Å². The third-order valence-electron chi connectivity index (χ3n) is 4.79. The van der Waals surface area contributed by atoms with E-state index in [1.165, 1.54) is 5.56 Å². The molecule has 1 aliphatic carbocycles. The predicted molar refractivity (Wildman–Crippen MR) is 86.2 cm³/mol. The average Bonchev–Trinajstić information content (AvgIpc) is 3.04. The second-order valence-corrected chi connectivity index (χ2v) is 5.96. The number of fused-ring (bicyclic) bond motifs is 3. The van der Waals surface area contributed by atoms with E-state index in [0.29, 0.717) is 17.4 Å². The van der Waals surface area contributed by atoms with E-state index < -0.39 is 5.97 Å². The summed E-state index contributed by atoms with van der Waals surface area (Å²) >= 11 is 0. The van der Waals surface area contributed by atoms with Gasteiger partial charge in [0.1, 0.15) is 0 Å². The number of carboxylic acids is 1. The van der Waals surface area contributed by atoms with Crippen LogP contribution in [0.4, 0.5) is 5.69 Å². The second kappa shape index (κ2) is 5.02. The van der Waals surface area contributed by atoms with E-state index in [1.807, 2.05) is 30.3 Å². The quantitative estimate of drug-likeness (QED) is 0.815. The van der Waals surface area contributed by atoms with Crippen molar-refractivity contribution in [2.75, 3.05) is 5.32 Å². The van der Waals surface area contributed by atoms with E-state index in [4.69, 9.17) is 0 Å². The van der Waals surface area contributed by atoms with Crippen molar-refractivity contribution in [1.82, 2.24) is 0 Å². The fraction of sp³-hybridized carbons (Fsp3) is 0.211. The lowest BCUT2D eigenvalue weighted by atomic mass is 9.76. The van der Waals surface area contributed by atoms with E-state index >= 15 is 0 Å². The standard InChI is InChI=1S/C19H17NO2/c21-19(22)16-11-5-10-15-13-8-4-9-14(13)17(20-18(15)16)12-6-2-1-3-7-12/h1-8,10-11,13-14,17,20H,9H2,(H,21,22)/t13-,14+,17-/m0/s1. The van der Waals surface area contributed by atoms with Crippen molar-refractivity contribution < 1.29 is 9.90 Å². The predicted octanol–water partition coefficient (Wildman–Crippen LogP) is 4.21. The third kappa shape index (κ3) is 1.93. The minimum absolute atomic E-state index is 0.147. The number of anilines is 1. The van der Waals surface area contributed by atoms with Crippen molar-refractivity contribution in [3.63, 3.8) is 0 Å². The maximum absolute atomic E-state index is 11.6. The maximum atomic E-state index is 11.6. The highest BCUT2D eigenvalue weighted by Crippen LogP contribution is 2.50. The molecule has 0 saturated heterocycles. The van der Waals surface area contributed by atoms with Crippen molar-refractivity contribution in [2.24, 2.45) is 5.92 Å². The molecule has 2 aliphatic rings. The van der Waals surface area contributed by atoms with Crippen LogP contribution >= 0.6 is 0 Å². The Bertz CT molecular complexity index is 751. The molecule has 2 N–H and O–H groups in total. The molecule has 1 aliphatic heterocycles. The van der Waals surface area contributed by atoms with E-state index in [9.17, 15) is 9.90 Å². The second-order valence-electron chi connectivity index (χ2n) is 5.96. The molecule has 2 aromatic rings. The third-order valence-corrected chi connectivity index (χ3v) is 4.79. The van der Waals surface area contributed by atoms with Gasteiger partial charge >= 0.3 is 5.97 Å². The molecule has 2 aromatic carbocycles. The van der Waals surface area contributed by atoms with Crippen molar-refractivity contribution in [3.05, 3.63) is 77.4 Å². The molecule has 0 bridgehead atoms. The van der Waals surface area contributed by atoms with Gasteiger partial charge in [-0.1, -0.05) is 54.6 Å². The first-order valence-electron chi connectivity index (χ1n) is 7.60. The SMILES string of the molecule is O=C(O)c1cccc2c1N[C@@H](c1ccccc1)[C@@H]1CC=C[C@H]21. The highest BCUT2D eigenvalue weighted by atomic mass is 16.4. The van der Waals surface area contributed by atoms with Gasteiger partial charge in [0, 0.05) is 5.92 Å². The molecule has 4 rings (SSSR count). The van der Waals surface area contributed by atoms with Gasteiger partial charge in [0.05, 0.1) is 17.3 Å². The van der Waals surface area contributed by atoms with E-state index in [2.05, 4.69) is 29.6 Å². The van der Waals surface area contributed by atoms with Crippen LogP contribution < -0.4 is 5.32 Å². The zero-order valence-electron chi connectivity index (χ0n) is 12.1. The Kier molecular flexibility index (Phi) is 3.00. The first kappa shape index (κ1) is 13.1. The number of hydrogen-bond donors (Lipinski definition) is 2. The van der Waals surface area contributed by atoms with Crippen LogP contribution in [0.2, 0.25) is 0 Å². The minimum atomic E-state index is -0.878. The van der Waals surface area contributed by atoms with Crippen molar-refractivity contribution in [2.45, 2.75) is 18.4 Å². The van der Waals surface area contributed by atoms with Gasteiger partial charge in [-0.3, -0.25) is 0 Å². The first-order valence-corrected chi connectivity index (χ1v) is 7.60. The number of carbonyl (C=O) groups is 1. The molecule has 0 fully saturated rings. The minimum Gasteiger partial charge on any atom is -0.478 e. The van der Waals surface area contributed by atoms with Crippen LogP contribution in [0.3, 0.4) is 0 Å². The maximum Gasteiger partial charge on any atom is 0.337 e. The zero-order valence-corrected chi connectivity index (χ0v) is 12.1. The number of benzene rings is 2. The topological polar surface area (TPSA) is 49.3 Å². The molecule has 0 unspecified atom stereocenters.